The van der Waals surface area contributed by atoms with E-state index in [-0.39, 0.29) is 6.42 Å². The Morgan fingerprint density at radius 2 is 1.56 bits per heavy atom. The summed E-state index contributed by atoms with van der Waals surface area (Å²) < 4.78 is 76.7. The molecule has 0 aromatic rings. The Morgan fingerprint density at radius 1 is 1.17 bits per heavy atom. The summed E-state index contributed by atoms with van der Waals surface area (Å²) in [4.78, 5) is 10.8. The molecule has 108 valence electrons. The Bertz CT molecular complexity index is 283. The number of esters is 1. The summed E-state index contributed by atoms with van der Waals surface area (Å²) in [5.41, 5.74) is -5.20. The lowest BCUT2D eigenvalue weighted by Gasteiger charge is -2.31. The predicted octanol–water partition coefficient (Wildman–Crippen LogP) is 1.50. The van der Waals surface area contributed by atoms with Gasteiger partial charge in [0, 0.05) is 6.42 Å². The van der Waals surface area contributed by atoms with Crippen molar-refractivity contribution >= 4 is 5.97 Å². The van der Waals surface area contributed by atoms with E-state index in [9.17, 15) is 31.1 Å². The van der Waals surface area contributed by atoms with Crippen LogP contribution in [0.4, 0.5) is 26.3 Å². The van der Waals surface area contributed by atoms with Crippen LogP contribution in [0.25, 0.3) is 0 Å². The third-order valence-electron chi connectivity index (χ3n) is 1.95. The van der Waals surface area contributed by atoms with Crippen LogP contribution >= 0.6 is 0 Å². The van der Waals surface area contributed by atoms with Crippen molar-refractivity contribution in [1.29, 1.82) is 0 Å². The predicted molar refractivity (Wildman–Crippen MR) is 44.1 cm³/mol. The Balaban J connectivity index is 5.01. The van der Waals surface area contributed by atoms with Gasteiger partial charge in [0.05, 0.1) is 6.42 Å². The molecule has 4 nitrogen and oxygen atoms in total. The first-order chi connectivity index (χ1) is 7.85. The van der Waals surface area contributed by atoms with Crippen molar-refractivity contribution in [3.63, 3.8) is 0 Å². The fourth-order valence-corrected chi connectivity index (χ4v) is 0.847. The zero-order chi connectivity index (χ0) is 14.8. The molecule has 0 aromatic carbocycles. The number of ether oxygens (including phenoxy) is 1. The van der Waals surface area contributed by atoms with Crippen molar-refractivity contribution in [2.45, 2.75) is 44.0 Å². The molecule has 0 aliphatic carbocycles. The highest BCUT2D eigenvalue weighted by molar-refractivity contribution is 5.71. The minimum atomic E-state index is -6.10. The summed E-state index contributed by atoms with van der Waals surface area (Å²) in [5, 5.41) is 17.4. The zero-order valence-corrected chi connectivity index (χ0v) is 8.97. The molecule has 1 atom stereocenters. The number of rotatable bonds is 4. The van der Waals surface area contributed by atoms with Gasteiger partial charge in [-0.15, -0.1) is 0 Å². The molecule has 0 aliphatic rings. The number of hydrogen-bond acceptors (Lipinski definition) is 4. The van der Waals surface area contributed by atoms with E-state index in [1.807, 2.05) is 0 Å². The summed E-state index contributed by atoms with van der Waals surface area (Å²) in [6, 6.07) is 0. The Hall–Kier alpha value is -1.03. The first kappa shape index (κ1) is 17.0. The summed E-state index contributed by atoms with van der Waals surface area (Å²) in [6.07, 6.45) is -16.6. The molecule has 18 heavy (non-hydrogen) atoms. The molecule has 0 spiro atoms. The number of carbonyl (C=O) groups is 1. The maximum absolute atomic E-state index is 12.1. The van der Waals surface area contributed by atoms with Gasteiger partial charge in [0.2, 0.25) is 0 Å². The molecule has 10 heteroatoms. The maximum Gasteiger partial charge on any atom is 0.426 e. The van der Waals surface area contributed by atoms with E-state index in [1.54, 1.807) is 0 Å². The van der Waals surface area contributed by atoms with Gasteiger partial charge >= 0.3 is 18.3 Å². The van der Waals surface area contributed by atoms with Crippen molar-refractivity contribution in [2.24, 2.45) is 0 Å². The van der Waals surface area contributed by atoms with Gasteiger partial charge in [-0.3, -0.25) is 4.79 Å². The number of aliphatic hydroxyl groups is 2. The maximum atomic E-state index is 12.1. The van der Waals surface area contributed by atoms with Crippen LogP contribution in [0.5, 0.6) is 0 Å². The first-order valence-electron chi connectivity index (χ1n) is 4.58. The topological polar surface area (TPSA) is 66.8 Å². The van der Waals surface area contributed by atoms with Crippen molar-refractivity contribution in [3.8, 4) is 0 Å². The average molecular weight is 284 g/mol. The van der Waals surface area contributed by atoms with Gasteiger partial charge in [-0.2, -0.15) is 26.3 Å². The Labute approximate surface area is 97.2 Å². The van der Waals surface area contributed by atoms with Gasteiger partial charge in [0.1, 0.15) is 0 Å². The first-order valence-corrected chi connectivity index (χ1v) is 4.58. The van der Waals surface area contributed by atoms with Crippen molar-refractivity contribution in [3.05, 3.63) is 0 Å². The van der Waals surface area contributed by atoms with E-state index in [4.69, 9.17) is 10.2 Å². The number of halogens is 6. The van der Waals surface area contributed by atoms with Crippen LogP contribution in [-0.4, -0.2) is 40.4 Å². The molecule has 0 heterocycles. The lowest BCUT2D eigenvalue weighted by molar-refractivity contribution is -0.368. The second-order valence-electron chi connectivity index (χ2n) is 3.39. The molecular formula is C8H10F6O4. The van der Waals surface area contributed by atoms with Crippen LogP contribution in [0.3, 0.4) is 0 Å². The van der Waals surface area contributed by atoms with Crippen LogP contribution in [0.1, 0.15) is 19.8 Å². The van der Waals surface area contributed by atoms with Gasteiger partial charge in [-0.25, -0.2) is 0 Å². The van der Waals surface area contributed by atoms with Crippen molar-refractivity contribution in [2.75, 3.05) is 0 Å². The average Bonchev–Trinajstić information content (AvgIpc) is 2.13. The monoisotopic (exact) mass is 284 g/mol. The lowest BCUT2D eigenvalue weighted by Crippen LogP contribution is -2.58. The standard InChI is InChI=1S/C8H10F6O4/c1-2-4(15)18-5(16)3-6(17,7(9,10)11)8(12,13)14/h4,15,17H,2-3H2,1H3. The molecule has 1 unspecified atom stereocenters. The van der Waals surface area contributed by atoms with Crippen LogP contribution in [0, 0.1) is 0 Å². The fraction of sp³-hybridized carbons (Fsp3) is 0.875. The molecule has 0 amide bonds. The minimum Gasteiger partial charge on any atom is -0.436 e. The van der Waals surface area contributed by atoms with E-state index in [0.29, 0.717) is 0 Å². The number of hydrogen-bond donors (Lipinski definition) is 2. The van der Waals surface area contributed by atoms with E-state index < -0.39 is 36.6 Å². The lowest BCUT2D eigenvalue weighted by atomic mass is 9.98. The molecule has 0 radical (unpaired) electrons. The molecule has 0 saturated carbocycles. The molecule has 0 fully saturated rings. The number of carbonyl (C=O) groups excluding carboxylic acids is 1. The molecule has 0 aromatic heterocycles. The highest BCUT2D eigenvalue weighted by atomic mass is 19.4. The Morgan fingerprint density at radius 3 is 1.83 bits per heavy atom. The van der Waals surface area contributed by atoms with Gasteiger partial charge in [-0.1, -0.05) is 6.92 Å². The van der Waals surface area contributed by atoms with Crippen molar-refractivity contribution in [1.82, 2.24) is 0 Å². The van der Waals surface area contributed by atoms with Gasteiger partial charge in [0.25, 0.3) is 5.60 Å². The summed E-state index contributed by atoms with van der Waals surface area (Å²) in [7, 11) is 0. The highest BCUT2D eigenvalue weighted by Crippen LogP contribution is 2.45. The van der Waals surface area contributed by atoms with Gasteiger partial charge in [-0.05, 0) is 0 Å². The van der Waals surface area contributed by atoms with Crippen LogP contribution in [0.2, 0.25) is 0 Å². The van der Waals surface area contributed by atoms with E-state index >= 15 is 0 Å². The third kappa shape index (κ3) is 3.73. The van der Waals surface area contributed by atoms with Crippen LogP contribution in [-0.2, 0) is 9.53 Å². The van der Waals surface area contributed by atoms with Gasteiger partial charge < -0.3 is 14.9 Å². The smallest absolute Gasteiger partial charge is 0.426 e. The quantitative estimate of drug-likeness (QED) is 0.466. The zero-order valence-electron chi connectivity index (χ0n) is 8.97. The van der Waals surface area contributed by atoms with E-state index in [1.165, 1.54) is 6.92 Å². The molecular weight excluding hydrogens is 274 g/mol. The molecule has 0 rings (SSSR count). The highest BCUT2D eigenvalue weighted by Gasteiger charge is 2.71. The van der Waals surface area contributed by atoms with Gasteiger partial charge in [0.15, 0.2) is 6.29 Å². The summed E-state index contributed by atoms with van der Waals surface area (Å²) >= 11 is 0. The largest absolute Gasteiger partial charge is 0.436 e. The summed E-state index contributed by atoms with van der Waals surface area (Å²) in [6.45, 7) is 1.28. The second-order valence-corrected chi connectivity index (χ2v) is 3.39. The SMILES string of the molecule is CCC(O)OC(=O)CC(O)(C(F)(F)F)C(F)(F)F. The van der Waals surface area contributed by atoms with E-state index in [0.717, 1.165) is 0 Å². The minimum absolute atomic E-state index is 0.220. The Kier molecular flexibility index (Phi) is 5.00. The normalized spacial score (nSPS) is 15.4. The number of alkyl halides is 6. The molecule has 0 aliphatic heterocycles. The fourth-order valence-electron chi connectivity index (χ4n) is 0.847. The number of aliphatic hydroxyl groups excluding tert-OH is 1. The summed E-state index contributed by atoms with van der Waals surface area (Å²) in [5.74, 6) is -2.01. The second kappa shape index (κ2) is 5.31. The van der Waals surface area contributed by atoms with E-state index in [2.05, 4.69) is 4.74 Å². The molecule has 2 N–H and O–H groups in total. The van der Waals surface area contributed by atoms with Crippen molar-refractivity contribution < 1.29 is 46.1 Å². The third-order valence-corrected chi connectivity index (χ3v) is 1.95. The molecule has 0 bridgehead atoms. The van der Waals surface area contributed by atoms with Crippen LogP contribution < -0.4 is 0 Å². The van der Waals surface area contributed by atoms with Crippen LogP contribution in [0.15, 0.2) is 0 Å². The molecule has 0 saturated heterocycles.